The first-order chi connectivity index (χ1) is 9.05. The number of carbonyl (C=O) groups is 1. The van der Waals surface area contributed by atoms with Crippen molar-refractivity contribution in [1.82, 2.24) is 8.61 Å². The minimum atomic E-state index is -3.34. The van der Waals surface area contributed by atoms with Crippen molar-refractivity contribution in [1.29, 1.82) is 0 Å². The van der Waals surface area contributed by atoms with Crippen LogP contribution in [0.4, 0.5) is 0 Å². The van der Waals surface area contributed by atoms with E-state index >= 15 is 0 Å². The monoisotopic (exact) mass is 288 g/mol. The van der Waals surface area contributed by atoms with Crippen molar-refractivity contribution in [2.75, 3.05) is 20.1 Å². The third kappa shape index (κ3) is 3.35. The number of nitrogens with zero attached hydrogens (tertiary/aromatic N) is 2. The Kier molecular flexibility index (Phi) is 4.97. The molecule has 1 saturated heterocycles. The van der Waals surface area contributed by atoms with Crippen LogP contribution in [0.3, 0.4) is 0 Å². The Bertz CT molecular complexity index is 396. The highest BCUT2D eigenvalue weighted by atomic mass is 32.2. The maximum absolute atomic E-state index is 12.5. The fourth-order valence-corrected chi connectivity index (χ4v) is 4.68. The fourth-order valence-electron chi connectivity index (χ4n) is 3.06. The van der Waals surface area contributed by atoms with Gasteiger partial charge in [0.2, 0.25) is 0 Å². The topological polar surface area (TPSA) is 57.7 Å². The summed E-state index contributed by atoms with van der Waals surface area (Å²) in [6.07, 6.45) is 7.67. The third-order valence-corrected chi connectivity index (χ3v) is 6.51. The number of aldehydes is 1. The third-order valence-electron chi connectivity index (χ3n) is 4.47. The highest BCUT2D eigenvalue weighted by Gasteiger charge is 2.34. The van der Waals surface area contributed by atoms with E-state index in [1.165, 1.54) is 6.42 Å². The molecule has 1 saturated carbocycles. The molecule has 0 radical (unpaired) electrons. The lowest BCUT2D eigenvalue weighted by Gasteiger charge is -2.36. The molecule has 2 aliphatic rings. The summed E-state index contributed by atoms with van der Waals surface area (Å²) in [5, 5.41) is 0. The molecule has 6 heteroatoms. The first kappa shape index (κ1) is 14.9. The average molecular weight is 288 g/mol. The Hall–Kier alpha value is -0.460. The van der Waals surface area contributed by atoms with Crippen LogP contribution in [-0.4, -0.2) is 49.5 Å². The second kappa shape index (κ2) is 6.33. The highest BCUT2D eigenvalue weighted by Crippen LogP contribution is 2.26. The van der Waals surface area contributed by atoms with Crippen LogP contribution in [0.15, 0.2) is 0 Å². The standard InChI is InChI=1S/C13H24N2O3S/c1-14(13-5-3-2-4-6-13)19(17,18)15-9-7-12(11-16)8-10-15/h11-13H,2-10H2,1H3. The van der Waals surface area contributed by atoms with Crippen LogP contribution in [0.2, 0.25) is 0 Å². The van der Waals surface area contributed by atoms with Gasteiger partial charge in [-0.25, -0.2) is 0 Å². The molecule has 0 aromatic rings. The summed E-state index contributed by atoms with van der Waals surface area (Å²) in [4.78, 5) is 10.7. The number of hydrogen-bond acceptors (Lipinski definition) is 3. The van der Waals surface area contributed by atoms with E-state index in [1.54, 1.807) is 15.7 Å². The van der Waals surface area contributed by atoms with Gasteiger partial charge >= 0.3 is 0 Å². The second-order valence-corrected chi connectivity index (χ2v) is 7.68. The van der Waals surface area contributed by atoms with Crippen molar-refractivity contribution < 1.29 is 13.2 Å². The molecule has 0 N–H and O–H groups in total. The summed E-state index contributed by atoms with van der Waals surface area (Å²) in [5.41, 5.74) is 0. The summed E-state index contributed by atoms with van der Waals surface area (Å²) in [6, 6.07) is 0.155. The van der Waals surface area contributed by atoms with Crippen LogP contribution >= 0.6 is 0 Å². The van der Waals surface area contributed by atoms with Crippen molar-refractivity contribution >= 4 is 16.5 Å². The number of rotatable bonds is 4. The smallest absolute Gasteiger partial charge is 0.281 e. The van der Waals surface area contributed by atoms with Gasteiger partial charge in [-0.1, -0.05) is 19.3 Å². The number of carbonyl (C=O) groups excluding carboxylic acids is 1. The van der Waals surface area contributed by atoms with Gasteiger partial charge in [-0.15, -0.1) is 0 Å². The minimum absolute atomic E-state index is 0.0337. The molecule has 5 nitrogen and oxygen atoms in total. The van der Waals surface area contributed by atoms with Crippen molar-refractivity contribution in [2.45, 2.75) is 51.0 Å². The molecule has 0 amide bonds. The van der Waals surface area contributed by atoms with Crippen molar-refractivity contribution in [2.24, 2.45) is 5.92 Å². The lowest BCUT2D eigenvalue weighted by atomic mass is 9.96. The van der Waals surface area contributed by atoms with Gasteiger partial charge < -0.3 is 4.79 Å². The lowest BCUT2D eigenvalue weighted by Crippen LogP contribution is -2.49. The highest BCUT2D eigenvalue weighted by molar-refractivity contribution is 7.86. The molecule has 19 heavy (non-hydrogen) atoms. The molecule has 110 valence electrons. The molecule has 0 unspecified atom stereocenters. The zero-order valence-electron chi connectivity index (χ0n) is 11.6. The second-order valence-electron chi connectivity index (χ2n) is 5.69. The Balaban J connectivity index is 1.99. The van der Waals surface area contributed by atoms with Gasteiger partial charge in [0.1, 0.15) is 6.29 Å². The molecule has 1 aliphatic carbocycles. The van der Waals surface area contributed by atoms with Crippen LogP contribution in [-0.2, 0) is 15.0 Å². The predicted octanol–water partition coefficient (Wildman–Crippen LogP) is 1.41. The zero-order chi connectivity index (χ0) is 13.9. The van der Waals surface area contributed by atoms with Crippen LogP contribution < -0.4 is 0 Å². The Morgan fingerprint density at radius 3 is 2.16 bits per heavy atom. The largest absolute Gasteiger partial charge is 0.303 e. The molecular formula is C13H24N2O3S. The van der Waals surface area contributed by atoms with E-state index in [-0.39, 0.29) is 12.0 Å². The summed E-state index contributed by atoms with van der Waals surface area (Å²) in [6.45, 7) is 0.950. The Labute approximate surface area is 116 Å². The number of piperidine rings is 1. The van der Waals surface area contributed by atoms with E-state index in [9.17, 15) is 13.2 Å². The van der Waals surface area contributed by atoms with E-state index in [2.05, 4.69) is 0 Å². The summed E-state index contributed by atoms with van der Waals surface area (Å²) >= 11 is 0. The van der Waals surface area contributed by atoms with Gasteiger partial charge in [0, 0.05) is 32.1 Å². The van der Waals surface area contributed by atoms with Gasteiger partial charge in [-0.3, -0.25) is 0 Å². The summed E-state index contributed by atoms with van der Waals surface area (Å²) < 4.78 is 28.2. The van der Waals surface area contributed by atoms with Gasteiger partial charge in [-0.05, 0) is 25.7 Å². The normalized spacial score (nSPS) is 24.7. The Morgan fingerprint density at radius 2 is 1.63 bits per heavy atom. The predicted molar refractivity (Wildman–Crippen MR) is 73.9 cm³/mol. The summed E-state index contributed by atoms with van der Waals surface area (Å²) in [7, 11) is -1.64. The molecule has 1 heterocycles. The maximum Gasteiger partial charge on any atom is 0.281 e. The van der Waals surface area contributed by atoms with Gasteiger partial charge in [0.25, 0.3) is 10.2 Å². The van der Waals surface area contributed by atoms with E-state index in [0.29, 0.717) is 25.9 Å². The first-order valence-electron chi connectivity index (χ1n) is 7.24. The quantitative estimate of drug-likeness (QED) is 0.735. The van der Waals surface area contributed by atoms with Crippen molar-refractivity contribution in [3.8, 4) is 0 Å². The van der Waals surface area contributed by atoms with Gasteiger partial charge in [0.05, 0.1) is 0 Å². The molecular weight excluding hydrogens is 264 g/mol. The lowest BCUT2D eigenvalue weighted by molar-refractivity contribution is -0.112. The molecule has 2 fully saturated rings. The molecule has 0 aromatic carbocycles. The van der Waals surface area contributed by atoms with Crippen LogP contribution in [0.25, 0.3) is 0 Å². The summed E-state index contributed by atoms with van der Waals surface area (Å²) in [5.74, 6) is 0.0337. The molecule has 2 rings (SSSR count). The van der Waals surface area contributed by atoms with E-state index < -0.39 is 10.2 Å². The maximum atomic E-state index is 12.5. The molecule has 0 bridgehead atoms. The van der Waals surface area contributed by atoms with E-state index in [1.807, 2.05) is 0 Å². The average Bonchev–Trinajstić information content (AvgIpc) is 2.47. The first-order valence-corrected chi connectivity index (χ1v) is 8.64. The molecule has 0 atom stereocenters. The molecule has 1 aliphatic heterocycles. The van der Waals surface area contributed by atoms with Crippen LogP contribution in [0.1, 0.15) is 44.9 Å². The van der Waals surface area contributed by atoms with Gasteiger partial charge in [0.15, 0.2) is 0 Å². The Morgan fingerprint density at radius 1 is 1.05 bits per heavy atom. The fraction of sp³-hybridized carbons (Fsp3) is 0.923. The van der Waals surface area contributed by atoms with E-state index in [0.717, 1.165) is 32.0 Å². The van der Waals surface area contributed by atoms with Crippen LogP contribution in [0, 0.1) is 5.92 Å². The van der Waals surface area contributed by atoms with E-state index in [4.69, 9.17) is 0 Å². The molecule has 0 spiro atoms. The zero-order valence-corrected chi connectivity index (χ0v) is 12.4. The van der Waals surface area contributed by atoms with Crippen molar-refractivity contribution in [3.63, 3.8) is 0 Å². The van der Waals surface area contributed by atoms with Crippen molar-refractivity contribution in [3.05, 3.63) is 0 Å². The van der Waals surface area contributed by atoms with Gasteiger partial charge in [-0.2, -0.15) is 17.0 Å². The van der Waals surface area contributed by atoms with Crippen LogP contribution in [0.5, 0.6) is 0 Å². The molecule has 0 aromatic heterocycles. The SMILES string of the molecule is CN(C1CCCCC1)S(=O)(=O)N1CCC(C=O)CC1. The number of hydrogen-bond donors (Lipinski definition) is 0. The minimum Gasteiger partial charge on any atom is -0.303 e.